The molecule has 0 aliphatic heterocycles. The molecule has 0 heterocycles. The highest BCUT2D eigenvalue weighted by molar-refractivity contribution is 8.76. The van der Waals surface area contributed by atoms with Gasteiger partial charge in [-0.15, -0.1) is 0 Å². The van der Waals surface area contributed by atoms with Crippen molar-refractivity contribution in [1.82, 2.24) is 21.3 Å². The van der Waals surface area contributed by atoms with E-state index in [4.69, 9.17) is 0 Å². The van der Waals surface area contributed by atoms with E-state index in [1.165, 1.54) is 21.6 Å². The van der Waals surface area contributed by atoms with E-state index in [0.29, 0.717) is 31.7 Å². The number of imide groups is 2. The number of hydrogen-bond acceptors (Lipinski definition) is 6. The number of carbonyl (C=O) groups is 4. The fourth-order valence-electron chi connectivity index (χ4n) is 1.37. The van der Waals surface area contributed by atoms with Gasteiger partial charge in [0.1, 0.15) is 0 Å². The molecule has 0 aliphatic rings. The maximum atomic E-state index is 11.6. The Balaban J connectivity index is 3.64. The molecule has 0 aromatic heterocycles. The van der Waals surface area contributed by atoms with Crippen LogP contribution >= 0.6 is 21.6 Å². The Morgan fingerprint density at radius 3 is 2.08 bits per heavy atom. The van der Waals surface area contributed by atoms with E-state index in [1.54, 1.807) is 0 Å². The van der Waals surface area contributed by atoms with Crippen molar-refractivity contribution in [2.24, 2.45) is 5.41 Å². The second-order valence-electron chi connectivity index (χ2n) is 6.43. The molecule has 10 heteroatoms. The van der Waals surface area contributed by atoms with Crippen molar-refractivity contribution >= 4 is 45.5 Å². The topological polar surface area (TPSA) is 116 Å². The summed E-state index contributed by atoms with van der Waals surface area (Å²) in [6.07, 6.45) is 0.998. The third-order valence-corrected chi connectivity index (χ3v) is 4.78. The van der Waals surface area contributed by atoms with Crippen LogP contribution < -0.4 is 21.3 Å². The van der Waals surface area contributed by atoms with Crippen LogP contribution in [0, 0.1) is 5.41 Å². The lowest BCUT2D eigenvalue weighted by Crippen LogP contribution is -2.43. The monoisotopic (exact) mass is 392 g/mol. The molecule has 8 nitrogen and oxygen atoms in total. The van der Waals surface area contributed by atoms with Crippen molar-refractivity contribution in [2.75, 3.05) is 24.6 Å². The highest BCUT2D eigenvalue weighted by atomic mass is 33.1. The molecule has 0 aromatic rings. The number of urea groups is 2. The van der Waals surface area contributed by atoms with Gasteiger partial charge < -0.3 is 10.6 Å². The molecule has 0 unspecified atom stereocenters. The van der Waals surface area contributed by atoms with Crippen LogP contribution in [0.4, 0.5) is 9.59 Å². The lowest BCUT2D eigenvalue weighted by molar-refractivity contribution is -0.120. The van der Waals surface area contributed by atoms with Crippen molar-refractivity contribution in [3.05, 3.63) is 0 Å². The van der Waals surface area contributed by atoms with Gasteiger partial charge in [-0.3, -0.25) is 20.2 Å². The number of nitrogens with one attached hydrogen (secondary N) is 4. The van der Waals surface area contributed by atoms with Gasteiger partial charge in [-0.1, -0.05) is 49.3 Å². The average molecular weight is 393 g/mol. The highest BCUT2D eigenvalue weighted by Gasteiger charge is 2.13. The lowest BCUT2D eigenvalue weighted by atomic mass is 9.97. The first-order valence-electron chi connectivity index (χ1n) is 8.04. The summed E-state index contributed by atoms with van der Waals surface area (Å²) in [7, 11) is 2.68. The van der Waals surface area contributed by atoms with Gasteiger partial charge in [0.05, 0.1) is 5.75 Å². The number of carbonyl (C=O) groups excluding carboxylic acids is 4. The second-order valence-corrected chi connectivity index (χ2v) is 9.01. The summed E-state index contributed by atoms with van der Waals surface area (Å²) in [6, 6.07) is -1.02. The van der Waals surface area contributed by atoms with E-state index in [2.05, 4.69) is 21.3 Å². The van der Waals surface area contributed by atoms with Gasteiger partial charge in [0.15, 0.2) is 0 Å². The Kier molecular flexibility index (Phi) is 12.1. The van der Waals surface area contributed by atoms with Crippen LogP contribution in [0.3, 0.4) is 0 Å². The summed E-state index contributed by atoms with van der Waals surface area (Å²) < 4.78 is 0. The fraction of sp³-hybridized carbons (Fsp3) is 0.733. The van der Waals surface area contributed by atoms with Gasteiger partial charge >= 0.3 is 12.1 Å². The maximum absolute atomic E-state index is 11.6. The first kappa shape index (κ1) is 23.6. The Labute approximate surface area is 156 Å². The fourth-order valence-corrected chi connectivity index (χ4v) is 3.11. The Hall–Kier alpha value is -1.42. The summed E-state index contributed by atoms with van der Waals surface area (Å²) >= 11 is 0. The summed E-state index contributed by atoms with van der Waals surface area (Å²) in [5, 5.41) is 9.66. The summed E-state index contributed by atoms with van der Waals surface area (Å²) in [4.78, 5) is 45.6. The van der Waals surface area contributed by atoms with Gasteiger partial charge in [0, 0.05) is 25.3 Å². The zero-order chi connectivity index (χ0) is 19.3. The maximum Gasteiger partial charge on any atom is 0.321 e. The highest BCUT2D eigenvalue weighted by Crippen LogP contribution is 2.19. The Bertz CT molecular complexity index is 467. The number of amides is 6. The van der Waals surface area contributed by atoms with Crippen LogP contribution in [0.1, 0.15) is 40.5 Å². The molecule has 0 saturated carbocycles. The molecular weight excluding hydrogens is 364 g/mol. The van der Waals surface area contributed by atoms with Crippen LogP contribution in [0.2, 0.25) is 0 Å². The molecule has 0 atom stereocenters. The van der Waals surface area contributed by atoms with Crippen molar-refractivity contribution in [1.29, 1.82) is 0 Å². The van der Waals surface area contributed by atoms with Crippen molar-refractivity contribution in [3.63, 3.8) is 0 Å². The molecule has 6 amide bonds. The average Bonchev–Trinajstić information content (AvgIpc) is 2.48. The largest absolute Gasteiger partial charge is 0.337 e. The van der Waals surface area contributed by atoms with E-state index in [-0.39, 0.29) is 23.0 Å². The minimum Gasteiger partial charge on any atom is -0.337 e. The first-order valence-corrected chi connectivity index (χ1v) is 10.5. The minimum absolute atomic E-state index is 0.0502. The van der Waals surface area contributed by atoms with E-state index in [0.717, 1.165) is 0 Å². The van der Waals surface area contributed by atoms with E-state index >= 15 is 0 Å². The molecule has 4 N–H and O–H groups in total. The third kappa shape index (κ3) is 15.8. The van der Waals surface area contributed by atoms with Crippen molar-refractivity contribution in [3.8, 4) is 0 Å². The van der Waals surface area contributed by atoms with E-state index in [1.807, 2.05) is 27.7 Å². The lowest BCUT2D eigenvalue weighted by Gasteiger charge is -2.18. The summed E-state index contributed by atoms with van der Waals surface area (Å²) in [5.41, 5.74) is -0.0502. The Morgan fingerprint density at radius 2 is 1.48 bits per heavy atom. The molecule has 0 bridgehead atoms. The normalized spacial score (nSPS) is 10.7. The van der Waals surface area contributed by atoms with Gasteiger partial charge in [-0.2, -0.15) is 0 Å². The molecule has 0 rings (SSSR count). The standard InChI is InChI=1S/C15H28N4O4S2/c1-5-6-11(20)18-13(22)16-7-8-24-25-9-12(21)19-14(23)17-10-15(2,3)4/h5-10H2,1-4H3,(H2,16,18,20,22)(H2,17,19,21,23). The van der Waals surface area contributed by atoms with Gasteiger partial charge in [-0.05, 0) is 11.8 Å². The third-order valence-electron chi connectivity index (χ3n) is 2.51. The summed E-state index contributed by atoms with van der Waals surface area (Å²) in [6.45, 7) is 8.65. The molecule has 144 valence electrons. The second kappa shape index (κ2) is 12.9. The van der Waals surface area contributed by atoms with Crippen LogP contribution in [-0.2, 0) is 9.59 Å². The minimum atomic E-state index is -0.516. The number of hydrogen-bond donors (Lipinski definition) is 4. The molecule has 0 fully saturated rings. The SMILES string of the molecule is CCCC(=O)NC(=O)NCCSSCC(=O)NC(=O)NCC(C)(C)C. The van der Waals surface area contributed by atoms with Crippen LogP contribution in [0.15, 0.2) is 0 Å². The van der Waals surface area contributed by atoms with Gasteiger partial charge in [0.2, 0.25) is 11.8 Å². The zero-order valence-corrected chi connectivity index (χ0v) is 16.8. The molecule has 0 radical (unpaired) electrons. The van der Waals surface area contributed by atoms with Crippen LogP contribution in [0.25, 0.3) is 0 Å². The number of rotatable bonds is 9. The van der Waals surface area contributed by atoms with E-state index in [9.17, 15) is 19.2 Å². The van der Waals surface area contributed by atoms with Crippen molar-refractivity contribution in [2.45, 2.75) is 40.5 Å². The first-order chi connectivity index (χ1) is 11.6. The molecule has 0 spiro atoms. The van der Waals surface area contributed by atoms with E-state index < -0.39 is 12.1 Å². The Morgan fingerprint density at radius 1 is 0.880 bits per heavy atom. The predicted octanol–water partition coefficient (Wildman–Crippen LogP) is 1.87. The van der Waals surface area contributed by atoms with Crippen molar-refractivity contribution < 1.29 is 19.2 Å². The van der Waals surface area contributed by atoms with Crippen LogP contribution in [0.5, 0.6) is 0 Å². The zero-order valence-electron chi connectivity index (χ0n) is 15.2. The molecule has 25 heavy (non-hydrogen) atoms. The van der Waals surface area contributed by atoms with Crippen LogP contribution in [-0.4, -0.2) is 48.5 Å². The van der Waals surface area contributed by atoms with Gasteiger partial charge in [-0.25, -0.2) is 9.59 Å². The smallest absolute Gasteiger partial charge is 0.321 e. The summed E-state index contributed by atoms with van der Waals surface area (Å²) in [5.74, 6) is 0.0291. The van der Waals surface area contributed by atoms with Gasteiger partial charge in [0.25, 0.3) is 0 Å². The predicted molar refractivity (Wildman–Crippen MR) is 102 cm³/mol. The molecule has 0 aliphatic carbocycles. The quantitative estimate of drug-likeness (QED) is 0.352. The molecule has 0 saturated heterocycles. The molecule has 0 aromatic carbocycles. The molecular formula is C15H28N4O4S2.